The van der Waals surface area contributed by atoms with Crippen molar-refractivity contribution in [3.05, 3.63) is 29.6 Å². The second-order valence-electron chi connectivity index (χ2n) is 6.46. The zero-order chi connectivity index (χ0) is 16.8. The number of aliphatic hydroxyl groups excluding tert-OH is 1. The Morgan fingerprint density at radius 1 is 1.35 bits per heavy atom. The van der Waals surface area contributed by atoms with Crippen LogP contribution in [-0.2, 0) is 6.54 Å². The number of nitrogens with zero attached hydrogens (tertiary/aromatic N) is 1. The van der Waals surface area contributed by atoms with Gasteiger partial charge in [0.05, 0.1) is 11.8 Å². The first kappa shape index (κ1) is 17.5. The summed E-state index contributed by atoms with van der Waals surface area (Å²) in [5.41, 5.74) is 1.29. The number of anilines is 1. The predicted molar refractivity (Wildman–Crippen MR) is 88.9 cm³/mol. The van der Waals surface area contributed by atoms with Crippen LogP contribution in [0.25, 0.3) is 0 Å². The summed E-state index contributed by atoms with van der Waals surface area (Å²) in [6.45, 7) is 6.27. The minimum atomic E-state index is -0.289. The third-order valence-electron chi connectivity index (χ3n) is 3.94. The van der Waals surface area contributed by atoms with Crippen LogP contribution in [0.15, 0.2) is 18.2 Å². The highest BCUT2D eigenvalue weighted by atomic mass is 19.1. The topological polar surface area (TPSA) is 64.6 Å². The van der Waals surface area contributed by atoms with Crippen LogP contribution in [0, 0.1) is 11.7 Å². The van der Waals surface area contributed by atoms with Crippen molar-refractivity contribution in [2.75, 3.05) is 24.5 Å². The molecule has 0 aromatic heterocycles. The van der Waals surface area contributed by atoms with E-state index in [9.17, 15) is 14.3 Å². The third kappa shape index (κ3) is 5.39. The molecule has 2 amide bonds. The van der Waals surface area contributed by atoms with Crippen LogP contribution in [0.3, 0.4) is 0 Å². The van der Waals surface area contributed by atoms with Crippen LogP contribution >= 0.6 is 0 Å². The molecule has 5 nitrogen and oxygen atoms in total. The molecule has 0 spiro atoms. The lowest BCUT2D eigenvalue weighted by Crippen LogP contribution is -2.37. The van der Waals surface area contributed by atoms with E-state index in [1.807, 2.05) is 24.8 Å². The number of halogens is 1. The summed E-state index contributed by atoms with van der Waals surface area (Å²) in [6.07, 6.45) is 1.06. The fourth-order valence-corrected chi connectivity index (χ4v) is 2.57. The average Bonchev–Trinajstić information content (AvgIpc) is 2.52. The molecular formula is C17H26FN3O2. The van der Waals surface area contributed by atoms with Gasteiger partial charge < -0.3 is 20.6 Å². The van der Waals surface area contributed by atoms with Gasteiger partial charge in [0.15, 0.2) is 0 Å². The average molecular weight is 323 g/mol. The maximum Gasteiger partial charge on any atom is 0.315 e. The van der Waals surface area contributed by atoms with Gasteiger partial charge in [-0.05, 0) is 36.5 Å². The smallest absolute Gasteiger partial charge is 0.315 e. The molecule has 1 aromatic rings. The first-order chi connectivity index (χ1) is 11.0. The fraction of sp³-hybridized carbons (Fsp3) is 0.588. The van der Waals surface area contributed by atoms with Gasteiger partial charge in [-0.15, -0.1) is 0 Å². The SMILES string of the molecule is CC(C)CNC(=O)NCc1ccc(N2CCC(O)CC2)c(F)c1. The molecule has 1 fully saturated rings. The second kappa shape index (κ2) is 8.15. The summed E-state index contributed by atoms with van der Waals surface area (Å²) in [4.78, 5) is 13.6. The van der Waals surface area contributed by atoms with Crippen molar-refractivity contribution >= 4 is 11.7 Å². The summed E-state index contributed by atoms with van der Waals surface area (Å²) >= 11 is 0. The van der Waals surface area contributed by atoms with Gasteiger partial charge in [0.25, 0.3) is 0 Å². The van der Waals surface area contributed by atoms with Crippen molar-refractivity contribution < 1.29 is 14.3 Å². The minimum absolute atomic E-state index is 0.242. The molecule has 0 radical (unpaired) electrons. The first-order valence-electron chi connectivity index (χ1n) is 8.19. The molecule has 128 valence electrons. The van der Waals surface area contributed by atoms with Crippen molar-refractivity contribution in [2.45, 2.75) is 39.3 Å². The largest absolute Gasteiger partial charge is 0.393 e. The van der Waals surface area contributed by atoms with Gasteiger partial charge in [-0.25, -0.2) is 9.18 Å². The van der Waals surface area contributed by atoms with E-state index >= 15 is 0 Å². The Balaban J connectivity index is 1.88. The van der Waals surface area contributed by atoms with Crippen molar-refractivity contribution in [2.24, 2.45) is 5.92 Å². The molecule has 2 rings (SSSR count). The summed E-state index contributed by atoms with van der Waals surface area (Å²) in [6, 6.07) is 4.79. The molecular weight excluding hydrogens is 297 g/mol. The number of aliphatic hydroxyl groups is 1. The van der Waals surface area contributed by atoms with Crippen LogP contribution in [0.5, 0.6) is 0 Å². The molecule has 1 aliphatic heterocycles. The first-order valence-corrected chi connectivity index (χ1v) is 8.19. The van der Waals surface area contributed by atoms with Gasteiger partial charge in [-0.2, -0.15) is 0 Å². The highest BCUT2D eigenvalue weighted by Crippen LogP contribution is 2.24. The standard InChI is InChI=1S/C17H26FN3O2/c1-12(2)10-19-17(23)20-11-13-3-4-16(15(18)9-13)21-7-5-14(22)6-8-21/h3-4,9,12,14,22H,5-8,10-11H2,1-2H3,(H2,19,20,23). The van der Waals surface area contributed by atoms with Gasteiger partial charge in [0.1, 0.15) is 5.82 Å². The van der Waals surface area contributed by atoms with Gasteiger partial charge in [0.2, 0.25) is 0 Å². The van der Waals surface area contributed by atoms with E-state index in [1.165, 1.54) is 6.07 Å². The monoisotopic (exact) mass is 323 g/mol. The van der Waals surface area contributed by atoms with Crippen molar-refractivity contribution in [1.29, 1.82) is 0 Å². The Labute approximate surface area is 136 Å². The minimum Gasteiger partial charge on any atom is -0.393 e. The van der Waals surface area contributed by atoms with E-state index in [0.717, 1.165) is 5.56 Å². The van der Waals surface area contributed by atoms with Gasteiger partial charge in [-0.1, -0.05) is 19.9 Å². The van der Waals surface area contributed by atoms with Crippen molar-refractivity contribution in [1.82, 2.24) is 10.6 Å². The number of piperidine rings is 1. The quantitative estimate of drug-likeness (QED) is 0.779. The lowest BCUT2D eigenvalue weighted by atomic mass is 10.1. The van der Waals surface area contributed by atoms with E-state index in [0.29, 0.717) is 50.6 Å². The Morgan fingerprint density at radius 2 is 2.04 bits per heavy atom. The number of hydrogen-bond donors (Lipinski definition) is 3. The van der Waals surface area contributed by atoms with E-state index in [1.54, 1.807) is 6.07 Å². The fourth-order valence-electron chi connectivity index (χ4n) is 2.57. The van der Waals surface area contributed by atoms with Gasteiger partial charge in [0, 0.05) is 26.2 Å². The molecule has 6 heteroatoms. The summed E-state index contributed by atoms with van der Waals surface area (Å²) in [7, 11) is 0. The molecule has 1 aromatic carbocycles. The summed E-state index contributed by atoms with van der Waals surface area (Å²) in [5.74, 6) is 0.101. The number of nitrogens with one attached hydrogen (secondary N) is 2. The van der Waals surface area contributed by atoms with Gasteiger partial charge in [-0.3, -0.25) is 0 Å². The number of amides is 2. The number of urea groups is 1. The van der Waals surface area contributed by atoms with Crippen LogP contribution in [0.4, 0.5) is 14.9 Å². The molecule has 1 saturated heterocycles. The third-order valence-corrected chi connectivity index (χ3v) is 3.94. The maximum absolute atomic E-state index is 14.3. The lowest BCUT2D eigenvalue weighted by Gasteiger charge is -2.31. The molecule has 0 atom stereocenters. The van der Waals surface area contributed by atoms with E-state index in [4.69, 9.17) is 0 Å². The Kier molecular flexibility index (Phi) is 6.21. The zero-order valence-corrected chi connectivity index (χ0v) is 13.8. The lowest BCUT2D eigenvalue weighted by molar-refractivity contribution is 0.145. The van der Waals surface area contributed by atoms with Crippen molar-refractivity contribution in [3.63, 3.8) is 0 Å². The Bertz CT molecular complexity index is 529. The van der Waals surface area contributed by atoms with Gasteiger partial charge >= 0.3 is 6.03 Å². The van der Waals surface area contributed by atoms with Crippen LogP contribution < -0.4 is 15.5 Å². The second-order valence-corrected chi connectivity index (χ2v) is 6.46. The Hall–Kier alpha value is -1.82. The summed E-state index contributed by atoms with van der Waals surface area (Å²) in [5, 5.41) is 15.0. The normalized spacial score (nSPS) is 15.8. The van der Waals surface area contributed by atoms with E-state index < -0.39 is 0 Å². The molecule has 0 unspecified atom stereocenters. The molecule has 3 N–H and O–H groups in total. The number of carbonyl (C=O) groups excluding carboxylic acids is 1. The van der Waals surface area contributed by atoms with Crippen LogP contribution in [0.1, 0.15) is 32.3 Å². The number of benzene rings is 1. The molecule has 0 bridgehead atoms. The Morgan fingerprint density at radius 3 is 2.65 bits per heavy atom. The molecule has 0 saturated carbocycles. The molecule has 0 aliphatic carbocycles. The predicted octanol–water partition coefficient (Wildman–Crippen LogP) is 2.24. The number of rotatable bonds is 5. The molecule has 23 heavy (non-hydrogen) atoms. The highest BCUT2D eigenvalue weighted by molar-refractivity contribution is 5.73. The number of carbonyl (C=O) groups is 1. The van der Waals surface area contributed by atoms with E-state index in [2.05, 4.69) is 10.6 Å². The molecule has 1 aliphatic rings. The molecule has 1 heterocycles. The van der Waals surface area contributed by atoms with Crippen molar-refractivity contribution in [3.8, 4) is 0 Å². The maximum atomic E-state index is 14.3. The van der Waals surface area contributed by atoms with Crippen LogP contribution in [0.2, 0.25) is 0 Å². The number of hydrogen-bond acceptors (Lipinski definition) is 3. The highest BCUT2D eigenvalue weighted by Gasteiger charge is 2.19. The van der Waals surface area contributed by atoms with E-state index in [-0.39, 0.29) is 18.0 Å². The summed E-state index contributed by atoms with van der Waals surface area (Å²) < 4.78 is 14.3. The zero-order valence-electron chi connectivity index (χ0n) is 13.8. The van der Waals surface area contributed by atoms with Crippen LogP contribution in [-0.4, -0.2) is 36.9 Å².